The lowest BCUT2D eigenvalue weighted by molar-refractivity contribution is -0.141. The summed E-state index contributed by atoms with van der Waals surface area (Å²) in [5.41, 5.74) is 1.76. The third kappa shape index (κ3) is 5.52. The van der Waals surface area contributed by atoms with Gasteiger partial charge in [-0.3, -0.25) is 0 Å². The fourth-order valence-corrected chi connectivity index (χ4v) is 5.56. The number of halogens is 5. The maximum absolute atomic E-state index is 13.5. The molecule has 0 aliphatic rings. The van der Waals surface area contributed by atoms with Gasteiger partial charge in [0.15, 0.2) is 27.2 Å². The molecule has 0 unspecified atom stereocenters. The Kier molecular flexibility index (Phi) is 7.06. The van der Waals surface area contributed by atoms with Gasteiger partial charge in [0.1, 0.15) is 11.5 Å². The Balaban J connectivity index is 1.79. The van der Waals surface area contributed by atoms with E-state index in [9.17, 15) is 21.6 Å². The minimum Gasteiger partial charge on any atom is -0.440 e. The van der Waals surface area contributed by atoms with E-state index in [1.165, 1.54) is 23.6 Å². The SMILES string of the molecule is Cc1nc(-c2cc(-c3cccc(S(C)(=O)=O)c3)ccc2-n2cc(C(F)(F)F)nc2C)c(-c2cc(Cl)cc(Cl)c2)o1. The van der Waals surface area contributed by atoms with Crippen LogP contribution >= 0.6 is 23.2 Å². The minimum absolute atomic E-state index is 0.105. The third-order valence-corrected chi connectivity index (χ3v) is 7.68. The molecule has 0 atom stereocenters. The van der Waals surface area contributed by atoms with Crippen molar-refractivity contribution in [3.63, 3.8) is 0 Å². The average Bonchev–Trinajstić information content (AvgIpc) is 3.45. The minimum atomic E-state index is -4.64. The van der Waals surface area contributed by atoms with Gasteiger partial charge in [0.05, 0.1) is 10.6 Å². The molecule has 0 fully saturated rings. The van der Waals surface area contributed by atoms with Crippen LogP contribution in [-0.4, -0.2) is 29.2 Å². The molecule has 2 aromatic heterocycles. The van der Waals surface area contributed by atoms with Crippen molar-refractivity contribution in [1.82, 2.24) is 14.5 Å². The predicted octanol–water partition coefficient (Wildman–Crippen LogP) is 8.21. The molecule has 0 bridgehead atoms. The number of benzene rings is 3. The van der Waals surface area contributed by atoms with Gasteiger partial charge in [0.25, 0.3) is 0 Å². The van der Waals surface area contributed by atoms with Crippen molar-refractivity contribution in [3.05, 3.63) is 94.3 Å². The number of aryl methyl sites for hydroxylation is 2. The zero-order valence-electron chi connectivity index (χ0n) is 21.2. The molecule has 3 aromatic carbocycles. The van der Waals surface area contributed by atoms with E-state index in [0.29, 0.717) is 55.3 Å². The molecule has 0 saturated carbocycles. The summed E-state index contributed by atoms with van der Waals surface area (Å²) < 4.78 is 72.2. The van der Waals surface area contributed by atoms with Crippen LogP contribution in [0.25, 0.3) is 39.4 Å². The van der Waals surface area contributed by atoms with E-state index in [1.54, 1.807) is 55.5 Å². The molecule has 206 valence electrons. The Hall–Kier alpha value is -3.60. The highest BCUT2D eigenvalue weighted by Crippen LogP contribution is 2.40. The van der Waals surface area contributed by atoms with Crippen LogP contribution in [0.3, 0.4) is 0 Å². The van der Waals surface area contributed by atoms with Gasteiger partial charge in [-0.05, 0) is 60.5 Å². The molecule has 0 N–H and O–H groups in total. The van der Waals surface area contributed by atoms with E-state index in [2.05, 4.69) is 9.97 Å². The second-order valence-electron chi connectivity index (χ2n) is 9.14. The largest absolute Gasteiger partial charge is 0.440 e. The zero-order valence-corrected chi connectivity index (χ0v) is 23.5. The number of nitrogens with zero attached hydrogens (tertiary/aromatic N) is 3. The summed E-state index contributed by atoms with van der Waals surface area (Å²) in [5, 5.41) is 0.712. The molecular weight excluding hydrogens is 586 g/mol. The monoisotopic (exact) mass is 605 g/mol. The summed E-state index contributed by atoms with van der Waals surface area (Å²) in [6.07, 6.45) is -2.61. The molecular formula is C28H20Cl2F3N3O3S. The second kappa shape index (κ2) is 10.1. The summed E-state index contributed by atoms with van der Waals surface area (Å²) in [6, 6.07) is 16.3. The lowest BCUT2D eigenvalue weighted by atomic mass is 9.98. The Morgan fingerprint density at radius 2 is 1.55 bits per heavy atom. The smallest absolute Gasteiger partial charge is 0.434 e. The molecule has 5 aromatic rings. The number of oxazole rings is 1. The second-order valence-corrected chi connectivity index (χ2v) is 12.0. The summed E-state index contributed by atoms with van der Waals surface area (Å²) >= 11 is 12.5. The van der Waals surface area contributed by atoms with Crippen LogP contribution < -0.4 is 0 Å². The molecule has 0 aliphatic heterocycles. The van der Waals surface area contributed by atoms with Gasteiger partial charge >= 0.3 is 6.18 Å². The average molecular weight is 606 g/mol. The molecule has 2 heterocycles. The van der Waals surface area contributed by atoms with Gasteiger partial charge in [-0.2, -0.15) is 13.2 Å². The fourth-order valence-electron chi connectivity index (χ4n) is 4.37. The Morgan fingerprint density at radius 3 is 2.17 bits per heavy atom. The van der Waals surface area contributed by atoms with Gasteiger partial charge in [-0.15, -0.1) is 0 Å². The number of rotatable bonds is 5. The highest BCUT2D eigenvalue weighted by Gasteiger charge is 2.35. The predicted molar refractivity (Wildman–Crippen MR) is 148 cm³/mol. The Morgan fingerprint density at radius 1 is 0.875 bits per heavy atom. The standard InChI is InChI=1S/C28H20Cl2F3N3O3S/c1-15-34-25(28(31,32)33)14-36(15)24-8-7-18(17-5-4-6-22(11-17)40(3,37)38)12-23(24)26-27(39-16(2)35-26)19-9-20(29)13-21(30)10-19/h4-14H,1-3H3. The summed E-state index contributed by atoms with van der Waals surface area (Å²) in [4.78, 5) is 8.42. The van der Waals surface area contributed by atoms with Crippen molar-refractivity contribution in [2.75, 3.05) is 6.26 Å². The molecule has 6 nitrogen and oxygen atoms in total. The van der Waals surface area contributed by atoms with Crippen LogP contribution in [0.4, 0.5) is 13.2 Å². The molecule has 0 radical (unpaired) electrons. The molecule has 12 heteroatoms. The van der Waals surface area contributed by atoms with Crippen LogP contribution in [0, 0.1) is 13.8 Å². The van der Waals surface area contributed by atoms with Gasteiger partial charge in [-0.25, -0.2) is 18.4 Å². The summed E-state index contributed by atoms with van der Waals surface area (Å²) in [5.74, 6) is 0.710. The van der Waals surface area contributed by atoms with Crippen LogP contribution in [0.5, 0.6) is 0 Å². The van der Waals surface area contributed by atoms with Crippen molar-refractivity contribution < 1.29 is 26.0 Å². The quantitative estimate of drug-likeness (QED) is 0.202. The molecule has 0 saturated heterocycles. The topological polar surface area (TPSA) is 78.0 Å². The van der Waals surface area contributed by atoms with Crippen molar-refractivity contribution in [2.45, 2.75) is 24.9 Å². The van der Waals surface area contributed by atoms with Crippen LogP contribution in [-0.2, 0) is 16.0 Å². The molecule has 0 spiro atoms. The van der Waals surface area contributed by atoms with Gasteiger partial charge < -0.3 is 8.98 Å². The number of imidazole rings is 1. The van der Waals surface area contributed by atoms with E-state index in [4.69, 9.17) is 27.6 Å². The van der Waals surface area contributed by atoms with Crippen LogP contribution in [0.15, 0.2) is 76.2 Å². The first-order chi connectivity index (χ1) is 18.7. The highest BCUT2D eigenvalue weighted by atomic mass is 35.5. The maximum atomic E-state index is 13.5. The van der Waals surface area contributed by atoms with Gasteiger partial charge in [-0.1, -0.05) is 41.4 Å². The molecule has 0 aliphatic carbocycles. The maximum Gasteiger partial charge on any atom is 0.434 e. The van der Waals surface area contributed by atoms with Crippen molar-refractivity contribution in [1.29, 1.82) is 0 Å². The lowest BCUT2D eigenvalue weighted by Crippen LogP contribution is -2.05. The fraction of sp³-hybridized carbons (Fsp3) is 0.143. The number of hydrogen-bond donors (Lipinski definition) is 0. The number of alkyl halides is 3. The van der Waals surface area contributed by atoms with Crippen molar-refractivity contribution >= 4 is 33.0 Å². The van der Waals surface area contributed by atoms with E-state index >= 15 is 0 Å². The Bertz CT molecular complexity index is 1860. The van der Waals surface area contributed by atoms with Gasteiger partial charge in [0, 0.05) is 40.5 Å². The summed E-state index contributed by atoms with van der Waals surface area (Å²) in [7, 11) is -3.48. The first-order valence-corrected chi connectivity index (χ1v) is 14.4. The van der Waals surface area contributed by atoms with E-state index in [0.717, 1.165) is 12.5 Å². The first-order valence-electron chi connectivity index (χ1n) is 11.7. The van der Waals surface area contributed by atoms with Crippen molar-refractivity contribution in [3.8, 4) is 39.4 Å². The Labute approximate surface area is 238 Å². The number of sulfone groups is 1. The number of aromatic nitrogens is 3. The zero-order chi connectivity index (χ0) is 29.0. The van der Waals surface area contributed by atoms with E-state index in [-0.39, 0.29) is 10.7 Å². The summed E-state index contributed by atoms with van der Waals surface area (Å²) in [6.45, 7) is 3.11. The molecule has 5 rings (SSSR count). The number of hydrogen-bond acceptors (Lipinski definition) is 5. The van der Waals surface area contributed by atoms with Gasteiger partial charge in [0.2, 0.25) is 0 Å². The van der Waals surface area contributed by atoms with Crippen LogP contribution in [0.2, 0.25) is 10.0 Å². The normalized spacial score (nSPS) is 12.2. The lowest BCUT2D eigenvalue weighted by Gasteiger charge is -2.14. The first kappa shape index (κ1) is 27.9. The molecule has 40 heavy (non-hydrogen) atoms. The van der Waals surface area contributed by atoms with E-state index in [1.807, 2.05) is 0 Å². The highest BCUT2D eigenvalue weighted by molar-refractivity contribution is 7.90. The molecule has 0 amide bonds. The van der Waals surface area contributed by atoms with Crippen molar-refractivity contribution in [2.24, 2.45) is 0 Å². The van der Waals surface area contributed by atoms with Crippen LogP contribution in [0.1, 0.15) is 17.4 Å². The van der Waals surface area contributed by atoms with E-state index < -0.39 is 21.7 Å². The third-order valence-electron chi connectivity index (χ3n) is 6.14.